The molecule has 1 heterocycles. The summed E-state index contributed by atoms with van der Waals surface area (Å²) in [6.45, 7) is 4.35. The molecule has 0 aromatic carbocycles. The molecule has 1 aliphatic carbocycles. The van der Waals surface area contributed by atoms with E-state index < -0.39 is 0 Å². The second kappa shape index (κ2) is 4.98. The zero-order valence-electron chi connectivity index (χ0n) is 9.93. The molecule has 16 heavy (non-hydrogen) atoms. The molecule has 1 aliphatic heterocycles. The van der Waals surface area contributed by atoms with Crippen LogP contribution in [0.4, 0.5) is 0 Å². The van der Waals surface area contributed by atoms with E-state index in [1.807, 2.05) is 0 Å². The van der Waals surface area contributed by atoms with E-state index in [1.165, 1.54) is 6.42 Å². The van der Waals surface area contributed by atoms with Gasteiger partial charge in [-0.25, -0.2) is 0 Å². The van der Waals surface area contributed by atoms with Gasteiger partial charge in [0.05, 0.1) is 11.1 Å². The molecule has 0 bridgehead atoms. The lowest BCUT2D eigenvalue weighted by molar-refractivity contribution is 0.118. The molecule has 4 heteroatoms. The number of nitrogens with two attached hydrogens (primary N) is 1. The minimum Gasteiger partial charge on any atom is -0.393 e. The molecule has 2 fully saturated rings. The Hall–Kier alpha value is -0.190. The van der Waals surface area contributed by atoms with Gasteiger partial charge in [0.2, 0.25) is 0 Å². The number of thiocarbonyl (C=S) groups is 1. The van der Waals surface area contributed by atoms with E-state index in [2.05, 4.69) is 11.8 Å². The molecule has 0 spiro atoms. The maximum absolute atomic E-state index is 9.88. The van der Waals surface area contributed by atoms with E-state index in [4.69, 9.17) is 18.0 Å². The highest BCUT2D eigenvalue weighted by molar-refractivity contribution is 7.80. The average molecular weight is 242 g/mol. The lowest BCUT2D eigenvalue weighted by Crippen LogP contribution is -2.37. The molecule has 2 rings (SSSR count). The van der Waals surface area contributed by atoms with Crippen LogP contribution in [-0.2, 0) is 0 Å². The SMILES string of the molecule is CCC(CC(N)=S)N1CC2CCC(O)C2C1. The standard InChI is InChI=1S/C12H22N2OS/c1-2-9(5-12(13)16)14-6-8-3-4-11(15)10(8)7-14/h8-11,15H,2-7H2,1H3,(H2,13,16). The Balaban J connectivity index is 1.94. The number of fused-ring (bicyclic) bond motifs is 1. The molecule has 0 aromatic heterocycles. The number of aliphatic hydroxyl groups excluding tert-OH is 1. The fourth-order valence-corrected chi connectivity index (χ4v) is 3.53. The van der Waals surface area contributed by atoms with Gasteiger partial charge in [0.25, 0.3) is 0 Å². The van der Waals surface area contributed by atoms with Crippen LogP contribution in [0, 0.1) is 11.8 Å². The van der Waals surface area contributed by atoms with Gasteiger partial charge in [-0.3, -0.25) is 4.90 Å². The molecule has 0 aromatic rings. The predicted octanol–water partition coefficient (Wildman–Crippen LogP) is 1.14. The topological polar surface area (TPSA) is 49.5 Å². The number of likely N-dealkylation sites (tertiary alicyclic amines) is 1. The second-order valence-corrected chi connectivity index (χ2v) is 5.78. The molecular formula is C12H22N2OS. The van der Waals surface area contributed by atoms with E-state index in [0.717, 1.165) is 32.4 Å². The molecular weight excluding hydrogens is 220 g/mol. The van der Waals surface area contributed by atoms with Crippen LogP contribution in [0.15, 0.2) is 0 Å². The van der Waals surface area contributed by atoms with Crippen LogP contribution < -0.4 is 5.73 Å². The second-order valence-electron chi connectivity index (χ2n) is 5.26. The van der Waals surface area contributed by atoms with Crippen LogP contribution in [0.1, 0.15) is 32.6 Å². The van der Waals surface area contributed by atoms with Crippen molar-refractivity contribution in [3.8, 4) is 0 Å². The predicted molar refractivity (Wildman–Crippen MR) is 69.3 cm³/mol. The zero-order chi connectivity index (χ0) is 11.7. The summed E-state index contributed by atoms with van der Waals surface area (Å²) in [6, 6.07) is 0.482. The van der Waals surface area contributed by atoms with E-state index in [-0.39, 0.29) is 6.10 Å². The van der Waals surface area contributed by atoms with E-state index >= 15 is 0 Å². The summed E-state index contributed by atoms with van der Waals surface area (Å²) >= 11 is 5.00. The summed E-state index contributed by atoms with van der Waals surface area (Å²) in [4.78, 5) is 3.10. The van der Waals surface area contributed by atoms with Crippen LogP contribution in [0.5, 0.6) is 0 Å². The normalized spacial score (nSPS) is 36.2. The molecule has 1 saturated carbocycles. The van der Waals surface area contributed by atoms with Crippen molar-refractivity contribution in [2.24, 2.45) is 17.6 Å². The van der Waals surface area contributed by atoms with E-state index in [1.54, 1.807) is 0 Å². The molecule has 0 radical (unpaired) electrons. The third-order valence-electron chi connectivity index (χ3n) is 4.27. The Morgan fingerprint density at radius 1 is 1.50 bits per heavy atom. The first-order valence-electron chi connectivity index (χ1n) is 6.32. The highest BCUT2D eigenvalue weighted by Crippen LogP contribution is 2.39. The summed E-state index contributed by atoms with van der Waals surface area (Å²) in [7, 11) is 0. The Labute approximate surface area is 103 Å². The Morgan fingerprint density at radius 3 is 2.81 bits per heavy atom. The maximum atomic E-state index is 9.88. The van der Waals surface area contributed by atoms with E-state index in [9.17, 15) is 5.11 Å². The Bertz CT molecular complexity index is 272. The zero-order valence-corrected chi connectivity index (χ0v) is 10.7. The minimum atomic E-state index is -0.0719. The summed E-state index contributed by atoms with van der Waals surface area (Å²) in [5.74, 6) is 1.20. The van der Waals surface area contributed by atoms with Gasteiger partial charge in [0.15, 0.2) is 0 Å². The van der Waals surface area contributed by atoms with Crippen molar-refractivity contribution in [1.29, 1.82) is 0 Å². The van der Waals surface area contributed by atoms with Gasteiger partial charge in [-0.05, 0) is 25.2 Å². The first-order chi connectivity index (χ1) is 7.61. The molecule has 0 amide bonds. The van der Waals surface area contributed by atoms with Crippen molar-refractivity contribution in [2.75, 3.05) is 13.1 Å². The van der Waals surface area contributed by atoms with Gasteiger partial charge in [-0.2, -0.15) is 0 Å². The van der Waals surface area contributed by atoms with Crippen molar-refractivity contribution < 1.29 is 5.11 Å². The van der Waals surface area contributed by atoms with Crippen molar-refractivity contribution >= 4 is 17.2 Å². The molecule has 4 unspecified atom stereocenters. The molecule has 1 saturated heterocycles. The smallest absolute Gasteiger partial charge is 0.0743 e. The van der Waals surface area contributed by atoms with Crippen LogP contribution in [0.2, 0.25) is 0 Å². The number of nitrogens with zero attached hydrogens (tertiary/aromatic N) is 1. The van der Waals surface area contributed by atoms with Gasteiger partial charge < -0.3 is 10.8 Å². The summed E-state index contributed by atoms with van der Waals surface area (Å²) < 4.78 is 0. The Kier molecular flexibility index (Phi) is 3.82. The van der Waals surface area contributed by atoms with Crippen LogP contribution in [0.3, 0.4) is 0 Å². The minimum absolute atomic E-state index is 0.0719. The van der Waals surface area contributed by atoms with Crippen molar-refractivity contribution in [3.63, 3.8) is 0 Å². The first kappa shape index (κ1) is 12.3. The summed E-state index contributed by atoms with van der Waals surface area (Å²) in [5, 5.41) is 9.88. The van der Waals surface area contributed by atoms with Gasteiger partial charge in [0, 0.05) is 31.5 Å². The molecule has 3 N–H and O–H groups in total. The largest absolute Gasteiger partial charge is 0.393 e. The maximum Gasteiger partial charge on any atom is 0.0743 e. The summed E-state index contributed by atoms with van der Waals surface area (Å²) in [5.41, 5.74) is 5.64. The molecule has 3 nitrogen and oxygen atoms in total. The quantitative estimate of drug-likeness (QED) is 0.726. The third kappa shape index (κ3) is 2.39. The number of rotatable bonds is 4. The van der Waals surface area contributed by atoms with E-state index in [0.29, 0.717) is 22.9 Å². The molecule has 2 aliphatic rings. The van der Waals surface area contributed by atoms with Crippen LogP contribution >= 0.6 is 12.2 Å². The third-order valence-corrected chi connectivity index (χ3v) is 4.44. The number of hydrogen-bond acceptors (Lipinski definition) is 3. The van der Waals surface area contributed by atoms with Gasteiger partial charge >= 0.3 is 0 Å². The van der Waals surface area contributed by atoms with Crippen LogP contribution in [-0.4, -0.2) is 40.2 Å². The van der Waals surface area contributed by atoms with Gasteiger partial charge in [-0.1, -0.05) is 19.1 Å². The highest BCUT2D eigenvalue weighted by Gasteiger charge is 2.43. The monoisotopic (exact) mass is 242 g/mol. The van der Waals surface area contributed by atoms with Gasteiger partial charge in [-0.15, -0.1) is 0 Å². The summed E-state index contributed by atoms with van der Waals surface area (Å²) in [6.07, 6.45) is 4.02. The van der Waals surface area contributed by atoms with Crippen LogP contribution in [0.25, 0.3) is 0 Å². The number of aliphatic hydroxyl groups is 1. The van der Waals surface area contributed by atoms with Gasteiger partial charge in [0.1, 0.15) is 0 Å². The fourth-order valence-electron chi connectivity index (χ4n) is 3.33. The number of hydrogen-bond donors (Lipinski definition) is 2. The highest BCUT2D eigenvalue weighted by atomic mass is 32.1. The average Bonchev–Trinajstić information content (AvgIpc) is 2.77. The Morgan fingerprint density at radius 2 is 2.25 bits per heavy atom. The molecule has 4 atom stereocenters. The first-order valence-corrected chi connectivity index (χ1v) is 6.73. The fraction of sp³-hybridized carbons (Fsp3) is 0.917. The lowest BCUT2D eigenvalue weighted by Gasteiger charge is -2.27. The lowest BCUT2D eigenvalue weighted by atomic mass is 10.00. The van der Waals surface area contributed by atoms with Crippen molar-refractivity contribution in [2.45, 2.75) is 44.8 Å². The van der Waals surface area contributed by atoms with Crippen molar-refractivity contribution in [3.05, 3.63) is 0 Å². The molecule has 92 valence electrons. The van der Waals surface area contributed by atoms with Crippen molar-refractivity contribution in [1.82, 2.24) is 4.90 Å².